The largest absolute Gasteiger partial charge is 0.306 e. The third kappa shape index (κ3) is 2.97. The topological polar surface area (TPSA) is 20.3 Å². The summed E-state index contributed by atoms with van der Waals surface area (Å²) in [5.74, 6) is 0.319. The van der Waals surface area contributed by atoms with Crippen LogP contribution in [0.4, 0.5) is 0 Å². The molecule has 60 valence electrons. The molecule has 1 aliphatic heterocycles. The predicted octanol–water partition coefficient (Wildman–Crippen LogP) is 1.16. The molecule has 2 nitrogen and oxygen atoms in total. The Balaban J connectivity index is 0.000000371. The molecule has 1 saturated heterocycles. The molecule has 1 fully saturated rings. The highest BCUT2D eigenvalue weighted by Crippen LogP contribution is 2.10. The average Bonchev–Trinajstić information content (AvgIpc) is 2.40. The number of hydrogen-bond donors (Lipinski definition) is 0. The maximum Gasteiger partial charge on any atom is 0.124 e. The van der Waals surface area contributed by atoms with Gasteiger partial charge in [-0.25, -0.2) is 0 Å². The van der Waals surface area contributed by atoms with Crippen molar-refractivity contribution in [2.75, 3.05) is 20.1 Å². The Bertz CT molecular complexity index is 93.3. The molecule has 0 aromatic heterocycles. The first-order valence-corrected chi connectivity index (χ1v) is 3.97. The van der Waals surface area contributed by atoms with Crippen molar-refractivity contribution in [2.24, 2.45) is 5.92 Å². The minimum atomic E-state index is 0.319. The smallest absolute Gasteiger partial charge is 0.124 e. The fourth-order valence-electron chi connectivity index (χ4n) is 1.08. The summed E-state index contributed by atoms with van der Waals surface area (Å²) in [4.78, 5) is 12.3. The highest BCUT2D eigenvalue weighted by molar-refractivity contribution is 5.54. The van der Waals surface area contributed by atoms with Crippen LogP contribution in [0.25, 0.3) is 0 Å². The fraction of sp³-hybridized carbons (Fsp3) is 0.875. The fourth-order valence-corrected chi connectivity index (χ4v) is 1.08. The van der Waals surface area contributed by atoms with E-state index in [1.165, 1.54) is 0 Å². The Labute approximate surface area is 63.2 Å². The molecule has 0 radical (unpaired) electrons. The zero-order valence-corrected chi connectivity index (χ0v) is 7.13. The molecular formula is C8H17NO. The summed E-state index contributed by atoms with van der Waals surface area (Å²) in [5.41, 5.74) is 0. The van der Waals surface area contributed by atoms with Gasteiger partial charge in [-0.2, -0.15) is 0 Å². The van der Waals surface area contributed by atoms with E-state index in [1.807, 2.05) is 20.9 Å². The molecule has 2 heteroatoms. The summed E-state index contributed by atoms with van der Waals surface area (Å²) >= 11 is 0. The second-order valence-electron chi connectivity index (χ2n) is 2.45. The van der Waals surface area contributed by atoms with E-state index >= 15 is 0 Å². The summed E-state index contributed by atoms with van der Waals surface area (Å²) < 4.78 is 0. The zero-order chi connectivity index (χ0) is 7.98. The van der Waals surface area contributed by atoms with Gasteiger partial charge in [0, 0.05) is 12.5 Å². The van der Waals surface area contributed by atoms with Crippen LogP contribution in [0.3, 0.4) is 0 Å². The molecule has 0 bridgehead atoms. The minimum absolute atomic E-state index is 0.319. The number of rotatable bonds is 1. The van der Waals surface area contributed by atoms with Crippen LogP contribution in [0.5, 0.6) is 0 Å². The van der Waals surface area contributed by atoms with Gasteiger partial charge in [-0.05, 0) is 20.0 Å². The van der Waals surface area contributed by atoms with Gasteiger partial charge in [0.15, 0.2) is 0 Å². The molecular weight excluding hydrogens is 126 g/mol. The first kappa shape index (κ1) is 9.63. The van der Waals surface area contributed by atoms with Crippen molar-refractivity contribution in [3.63, 3.8) is 0 Å². The lowest BCUT2D eigenvalue weighted by molar-refractivity contribution is -0.110. The maximum absolute atomic E-state index is 10.1. The van der Waals surface area contributed by atoms with Crippen LogP contribution in [0, 0.1) is 5.92 Å². The van der Waals surface area contributed by atoms with Crippen LogP contribution in [-0.4, -0.2) is 31.3 Å². The molecule has 0 spiro atoms. The van der Waals surface area contributed by atoms with Crippen LogP contribution in [-0.2, 0) is 4.79 Å². The summed E-state index contributed by atoms with van der Waals surface area (Å²) in [5, 5.41) is 0. The lowest BCUT2D eigenvalue weighted by atomic mass is 10.1. The molecule has 10 heavy (non-hydrogen) atoms. The Morgan fingerprint density at radius 3 is 2.30 bits per heavy atom. The van der Waals surface area contributed by atoms with E-state index in [0.29, 0.717) is 5.92 Å². The SMILES string of the molecule is CC.CN1CCC(C=O)C1. The Morgan fingerprint density at radius 2 is 2.10 bits per heavy atom. The van der Waals surface area contributed by atoms with E-state index in [0.717, 1.165) is 25.8 Å². The van der Waals surface area contributed by atoms with E-state index in [2.05, 4.69) is 4.90 Å². The number of likely N-dealkylation sites (tertiary alicyclic amines) is 1. The van der Waals surface area contributed by atoms with Crippen molar-refractivity contribution in [2.45, 2.75) is 20.3 Å². The number of carbonyl (C=O) groups excluding carboxylic acids is 1. The monoisotopic (exact) mass is 143 g/mol. The van der Waals surface area contributed by atoms with Gasteiger partial charge < -0.3 is 9.69 Å². The van der Waals surface area contributed by atoms with Gasteiger partial charge in [-0.1, -0.05) is 13.8 Å². The molecule has 1 heterocycles. The van der Waals surface area contributed by atoms with Crippen LogP contribution >= 0.6 is 0 Å². The molecule has 0 saturated carbocycles. The molecule has 1 atom stereocenters. The number of carbonyl (C=O) groups is 1. The van der Waals surface area contributed by atoms with Gasteiger partial charge in [0.2, 0.25) is 0 Å². The summed E-state index contributed by atoms with van der Waals surface area (Å²) in [6.07, 6.45) is 2.11. The molecule has 1 aliphatic rings. The second kappa shape index (κ2) is 5.42. The average molecular weight is 143 g/mol. The summed E-state index contributed by atoms with van der Waals surface area (Å²) in [7, 11) is 2.05. The van der Waals surface area contributed by atoms with E-state index in [4.69, 9.17) is 0 Å². The van der Waals surface area contributed by atoms with Crippen LogP contribution in [0.15, 0.2) is 0 Å². The van der Waals surface area contributed by atoms with Crippen molar-refractivity contribution in [3.05, 3.63) is 0 Å². The lowest BCUT2D eigenvalue weighted by Gasteiger charge is -2.02. The first-order chi connectivity index (χ1) is 4.83. The highest BCUT2D eigenvalue weighted by atomic mass is 16.1. The van der Waals surface area contributed by atoms with Crippen molar-refractivity contribution in [3.8, 4) is 0 Å². The van der Waals surface area contributed by atoms with Crippen LogP contribution in [0.2, 0.25) is 0 Å². The standard InChI is InChI=1S/C6H11NO.C2H6/c1-7-3-2-6(4-7)5-8;1-2/h5-6H,2-4H2,1H3;1-2H3. The molecule has 0 aliphatic carbocycles. The summed E-state index contributed by atoms with van der Waals surface area (Å²) in [6.45, 7) is 6.05. The van der Waals surface area contributed by atoms with E-state index in [9.17, 15) is 4.79 Å². The normalized spacial score (nSPS) is 25.3. The van der Waals surface area contributed by atoms with Gasteiger partial charge in [-0.15, -0.1) is 0 Å². The van der Waals surface area contributed by atoms with E-state index < -0.39 is 0 Å². The molecule has 0 aromatic rings. The highest BCUT2D eigenvalue weighted by Gasteiger charge is 2.17. The Morgan fingerprint density at radius 1 is 1.50 bits per heavy atom. The van der Waals surface area contributed by atoms with Crippen molar-refractivity contribution in [1.29, 1.82) is 0 Å². The zero-order valence-electron chi connectivity index (χ0n) is 7.13. The summed E-state index contributed by atoms with van der Waals surface area (Å²) in [6, 6.07) is 0. The molecule has 0 amide bonds. The molecule has 1 unspecified atom stereocenters. The van der Waals surface area contributed by atoms with Gasteiger partial charge in [0.1, 0.15) is 6.29 Å². The van der Waals surface area contributed by atoms with Crippen molar-refractivity contribution in [1.82, 2.24) is 4.90 Å². The minimum Gasteiger partial charge on any atom is -0.306 e. The molecule has 1 rings (SSSR count). The van der Waals surface area contributed by atoms with Crippen LogP contribution in [0.1, 0.15) is 20.3 Å². The van der Waals surface area contributed by atoms with Crippen molar-refractivity contribution < 1.29 is 4.79 Å². The molecule has 0 N–H and O–H groups in total. The van der Waals surface area contributed by atoms with Crippen molar-refractivity contribution >= 4 is 6.29 Å². The van der Waals surface area contributed by atoms with Gasteiger partial charge >= 0.3 is 0 Å². The number of nitrogens with zero attached hydrogens (tertiary/aromatic N) is 1. The Hall–Kier alpha value is -0.370. The predicted molar refractivity (Wildman–Crippen MR) is 43.0 cm³/mol. The molecule has 0 aromatic carbocycles. The second-order valence-corrected chi connectivity index (χ2v) is 2.45. The maximum atomic E-state index is 10.1. The Kier molecular flexibility index (Phi) is 5.22. The number of hydrogen-bond acceptors (Lipinski definition) is 2. The lowest BCUT2D eigenvalue weighted by Crippen LogP contribution is -2.14. The van der Waals surface area contributed by atoms with Gasteiger partial charge in [-0.3, -0.25) is 0 Å². The van der Waals surface area contributed by atoms with Gasteiger partial charge in [0.05, 0.1) is 0 Å². The third-order valence-electron chi connectivity index (χ3n) is 1.62. The quantitative estimate of drug-likeness (QED) is 0.513. The van der Waals surface area contributed by atoms with E-state index in [1.54, 1.807) is 0 Å². The number of aldehydes is 1. The first-order valence-electron chi connectivity index (χ1n) is 3.97. The van der Waals surface area contributed by atoms with E-state index in [-0.39, 0.29) is 0 Å². The van der Waals surface area contributed by atoms with Gasteiger partial charge in [0.25, 0.3) is 0 Å². The third-order valence-corrected chi connectivity index (χ3v) is 1.62. The van der Waals surface area contributed by atoms with Crippen LogP contribution < -0.4 is 0 Å².